The Morgan fingerprint density at radius 2 is 1.85 bits per heavy atom. The van der Waals surface area contributed by atoms with E-state index in [2.05, 4.69) is 10.1 Å². The van der Waals surface area contributed by atoms with E-state index in [0.717, 1.165) is 21.7 Å². The van der Waals surface area contributed by atoms with Gasteiger partial charge in [0.15, 0.2) is 5.84 Å². The molecule has 0 aliphatic carbocycles. The molecule has 0 unspecified atom stereocenters. The maximum Gasteiger partial charge on any atom is 0.283 e. The van der Waals surface area contributed by atoms with Crippen molar-refractivity contribution in [2.45, 2.75) is 13.8 Å². The lowest BCUT2D eigenvalue weighted by atomic mass is 10.1. The van der Waals surface area contributed by atoms with Gasteiger partial charge in [-0.2, -0.15) is 15.1 Å². The van der Waals surface area contributed by atoms with E-state index >= 15 is 0 Å². The number of amides is 1. The fourth-order valence-electron chi connectivity index (χ4n) is 2.73. The van der Waals surface area contributed by atoms with E-state index in [1.807, 2.05) is 62.4 Å². The molecule has 0 radical (unpaired) electrons. The first kappa shape index (κ1) is 16.5. The van der Waals surface area contributed by atoms with Crippen LogP contribution in [0.25, 0.3) is 6.08 Å². The van der Waals surface area contributed by atoms with Crippen molar-refractivity contribution in [3.8, 4) is 0 Å². The summed E-state index contributed by atoms with van der Waals surface area (Å²) in [6, 6.07) is 15.8. The average Bonchev–Trinajstić information content (AvgIpc) is 3.03. The molecule has 4 rings (SSSR count). The lowest BCUT2D eigenvalue weighted by molar-refractivity contribution is -0.114. The molecule has 2 aliphatic rings. The van der Waals surface area contributed by atoms with Crippen LogP contribution in [0.15, 0.2) is 64.2 Å². The number of carbonyl (C=O) groups excluding carboxylic acids is 1. The Bertz CT molecular complexity index is 1020. The summed E-state index contributed by atoms with van der Waals surface area (Å²) in [5.41, 5.74) is 4.32. The molecule has 0 bridgehead atoms. The van der Waals surface area contributed by atoms with E-state index in [1.165, 1.54) is 22.3 Å². The van der Waals surface area contributed by atoms with Gasteiger partial charge in [0, 0.05) is 5.56 Å². The zero-order valence-electron chi connectivity index (χ0n) is 14.4. The Balaban J connectivity index is 1.69. The van der Waals surface area contributed by atoms with E-state index in [-0.39, 0.29) is 11.4 Å². The zero-order valence-corrected chi connectivity index (χ0v) is 15.2. The first-order valence-corrected chi connectivity index (χ1v) is 8.97. The molecule has 1 N–H and O–H groups in total. The minimum Gasteiger partial charge on any atom is -0.282 e. The highest BCUT2D eigenvalue weighted by molar-refractivity contribution is 8.27. The Kier molecular flexibility index (Phi) is 4.05. The predicted molar refractivity (Wildman–Crippen MR) is 106 cm³/mol. The van der Waals surface area contributed by atoms with Gasteiger partial charge >= 0.3 is 0 Å². The van der Waals surface area contributed by atoms with E-state index in [4.69, 9.17) is 5.41 Å². The van der Waals surface area contributed by atoms with Crippen molar-refractivity contribution in [2.24, 2.45) is 10.1 Å². The van der Waals surface area contributed by atoms with E-state index in [0.29, 0.717) is 5.17 Å². The second-order valence-electron chi connectivity index (χ2n) is 6.21. The van der Waals surface area contributed by atoms with Gasteiger partial charge in [-0.25, -0.2) is 0 Å². The van der Waals surface area contributed by atoms with Crippen LogP contribution in [0.4, 0.5) is 0 Å². The standard InChI is InChI=1S/C20H16N4OS/c1-12-6-8-15(9-7-12)19-23-24-17(21)16(18(25)22-20(24)26-19)11-14-5-3-4-13(2)10-14/h3-11,21H,1-2H3. The fourth-order valence-corrected chi connectivity index (χ4v) is 3.63. The lowest BCUT2D eigenvalue weighted by Crippen LogP contribution is -2.35. The molecule has 5 nitrogen and oxygen atoms in total. The summed E-state index contributed by atoms with van der Waals surface area (Å²) in [5.74, 6) is -0.355. The molecule has 0 fully saturated rings. The van der Waals surface area contributed by atoms with Gasteiger partial charge in [-0.15, -0.1) is 0 Å². The van der Waals surface area contributed by atoms with Crippen LogP contribution in [-0.2, 0) is 4.79 Å². The van der Waals surface area contributed by atoms with Crippen molar-refractivity contribution in [1.82, 2.24) is 5.01 Å². The number of fused-ring (bicyclic) bond motifs is 1. The Morgan fingerprint density at radius 1 is 1.08 bits per heavy atom. The summed E-state index contributed by atoms with van der Waals surface area (Å²) in [6.45, 7) is 4.01. The number of rotatable bonds is 2. The molecule has 128 valence electrons. The summed E-state index contributed by atoms with van der Waals surface area (Å²) >= 11 is 1.31. The van der Waals surface area contributed by atoms with Crippen molar-refractivity contribution >= 4 is 39.8 Å². The number of carbonyl (C=O) groups is 1. The third kappa shape index (κ3) is 2.99. The third-order valence-electron chi connectivity index (χ3n) is 4.11. The van der Waals surface area contributed by atoms with E-state index in [9.17, 15) is 4.79 Å². The average molecular weight is 360 g/mol. The van der Waals surface area contributed by atoms with Crippen molar-refractivity contribution in [3.05, 3.63) is 76.4 Å². The topological polar surface area (TPSA) is 68.9 Å². The van der Waals surface area contributed by atoms with Crippen LogP contribution in [-0.4, -0.2) is 27.0 Å². The molecule has 6 heteroatoms. The smallest absolute Gasteiger partial charge is 0.282 e. The largest absolute Gasteiger partial charge is 0.283 e. The minimum absolute atomic E-state index is 0.0520. The number of thioether (sulfide) groups is 1. The molecular weight excluding hydrogens is 344 g/mol. The molecule has 0 spiro atoms. The number of hydrogen-bond acceptors (Lipinski definition) is 4. The van der Waals surface area contributed by atoms with Gasteiger partial charge in [-0.05, 0) is 37.2 Å². The summed E-state index contributed by atoms with van der Waals surface area (Å²) in [4.78, 5) is 16.6. The summed E-state index contributed by atoms with van der Waals surface area (Å²) in [5, 5.41) is 15.5. The molecule has 26 heavy (non-hydrogen) atoms. The Labute approximate surface area is 155 Å². The van der Waals surface area contributed by atoms with E-state index < -0.39 is 5.91 Å². The molecule has 0 aromatic heterocycles. The van der Waals surface area contributed by atoms with Crippen molar-refractivity contribution in [1.29, 1.82) is 5.41 Å². The molecular formula is C20H16N4OS. The van der Waals surface area contributed by atoms with Crippen LogP contribution in [0.1, 0.15) is 22.3 Å². The second kappa shape index (κ2) is 6.38. The first-order chi connectivity index (χ1) is 12.5. The summed E-state index contributed by atoms with van der Waals surface area (Å²) < 4.78 is 0. The number of benzene rings is 2. The van der Waals surface area contributed by atoms with Crippen LogP contribution >= 0.6 is 11.8 Å². The minimum atomic E-state index is -0.407. The lowest BCUT2D eigenvalue weighted by Gasteiger charge is -2.20. The molecule has 2 aromatic rings. The van der Waals surface area contributed by atoms with Crippen LogP contribution in [0.5, 0.6) is 0 Å². The zero-order chi connectivity index (χ0) is 18.3. The van der Waals surface area contributed by atoms with Crippen molar-refractivity contribution in [3.63, 3.8) is 0 Å². The van der Waals surface area contributed by atoms with E-state index in [1.54, 1.807) is 6.08 Å². The van der Waals surface area contributed by atoms with Crippen LogP contribution in [0.3, 0.4) is 0 Å². The molecule has 2 aromatic carbocycles. The number of aryl methyl sites for hydroxylation is 2. The van der Waals surface area contributed by atoms with Crippen molar-refractivity contribution in [2.75, 3.05) is 0 Å². The molecule has 0 saturated carbocycles. The number of hydrogen-bond donors (Lipinski definition) is 1. The predicted octanol–water partition coefficient (Wildman–Crippen LogP) is 3.97. The van der Waals surface area contributed by atoms with Crippen LogP contribution < -0.4 is 0 Å². The normalized spacial score (nSPS) is 18.1. The van der Waals surface area contributed by atoms with Gasteiger partial charge in [0.2, 0.25) is 5.17 Å². The Hall–Kier alpha value is -2.99. The van der Waals surface area contributed by atoms with Gasteiger partial charge in [-0.3, -0.25) is 10.2 Å². The molecule has 2 heterocycles. The third-order valence-corrected chi connectivity index (χ3v) is 5.06. The van der Waals surface area contributed by atoms with Crippen molar-refractivity contribution < 1.29 is 4.79 Å². The summed E-state index contributed by atoms with van der Waals surface area (Å²) in [7, 11) is 0. The highest BCUT2D eigenvalue weighted by Gasteiger charge is 2.35. The number of nitrogens with one attached hydrogen (secondary N) is 1. The number of aliphatic imine (C=N–C) groups is 1. The SMILES string of the molecule is Cc1ccc(C2=NN3C(=N)C(=Cc4cccc(C)c4)C(=O)N=C3S2)cc1. The molecule has 2 aliphatic heterocycles. The number of amidine groups is 2. The highest BCUT2D eigenvalue weighted by atomic mass is 32.2. The van der Waals surface area contributed by atoms with Gasteiger partial charge in [-0.1, -0.05) is 59.7 Å². The molecule has 1 amide bonds. The monoisotopic (exact) mass is 360 g/mol. The van der Waals surface area contributed by atoms with Crippen LogP contribution in [0.2, 0.25) is 0 Å². The van der Waals surface area contributed by atoms with Gasteiger partial charge < -0.3 is 0 Å². The second-order valence-corrected chi connectivity index (χ2v) is 7.16. The van der Waals surface area contributed by atoms with Gasteiger partial charge in [0.25, 0.3) is 5.91 Å². The maximum atomic E-state index is 12.4. The summed E-state index contributed by atoms with van der Waals surface area (Å²) in [6.07, 6.45) is 1.70. The number of hydrazone groups is 1. The highest BCUT2D eigenvalue weighted by Crippen LogP contribution is 2.31. The molecule has 0 saturated heterocycles. The maximum absolute atomic E-state index is 12.4. The fraction of sp³-hybridized carbons (Fsp3) is 0.100. The molecule has 0 atom stereocenters. The van der Waals surface area contributed by atoms with Gasteiger partial charge in [0.05, 0.1) is 5.57 Å². The first-order valence-electron chi connectivity index (χ1n) is 8.15. The van der Waals surface area contributed by atoms with Gasteiger partial charge in [0.1, 0.15) is 5.04 Å². The number of nitrogens with zero attached hydrogens (tertiary/aromatic N) is 3. The quantitative estimate of drug-likeness (QED) is 0.824. The Morgan fingerprint density at radius 3 is 2.58 bits per heavy atom. The van der Waals surface area contributed by atoms with Crippen LogP contribution in [0, 0.1) is 19.3 Å².